The number of benzene rings is 1. The number of aliphatic hydroxyl groups excluding tert-OH is 1. The van der Waals surface area contributed by atoms with Crippen LogP contribution in [0.2, 0.25) is 0 Å². The quantitative estimate of drug-likeness (QED) is 0.929. The van der Waals surface area contributed by atoms with Gasteiger partial charge in [-0.05, 0) is 31.2 Å². The van der Waals surface area contributed by atoms with Gasteiger partial charge in [-0.15, -0.1) is 0 Å². The summed E-state index contributed by atoms with van der Waals surface area (Å²) in [6.07, 6.45) is 3.20. The van der Waals surface area contributed by atoms with E-state index in [1.165, 1.54) is 5.56 Å². The van der Waals surface area contributed by atoms with Crippen LogP contribution in [0.25, 0.3) is 0 Å². The van der Waals surface area contributed by atoms with Gasteiger partial charge in [0.15, 0.2) is 6.23 Å². The van der Waals surface area contributed by atoms with Gasteiger partial charge in [0, 0.05) is 30.2 Å². The summed E-state index contributed by atoms with van der Waals surface area (Å²) in [4.78, 5) is 6.22. The number of aryl methyl sites for hydroxylation is 1. The zero-order chi connectivity index (χ0) is 13.9. The van der Waals surface area contributed by atoms with Gasteiger partial charge in [-0.1, -0.05) is 17.7 Å². The molecule has 0 saturated carbocycles. The molecule has 3 rings (SSSR count). The number of hydrogen-bond donors (Lipinski definition) is 1. The van der Waals surface area contributed by atoms with Crippen molar-refractivity contribution in [1.82, 2.24) is 4.98 Å². The summed E-state index contributed by atoms with van der Waals surface area (Å²) in [5.74, 6) is 0. The molecule has 2 unspecified atom stereocenters. The first kappa shape index (κ1) is 13.1. The maximum absolute atomic E-state index is 9.38. The third-order valence-corrected chi connectivity index (χ3v) is 3.57. The lowest BCUT2D eigenvalue weighted by Gasteiger charge is -2.25. The van der Waals surface area contributed by atoms with Gasteiger partial charge in [0.1, 0.15) is 6.10 Å². The Labute approximate surface area is 118 Å². The molecule has 1 aliphatic rings. The van der Waals surface area contributed by atoms with Gasteiger partial charge in [0.2, 0.25) is 0 Å². The Bertz CT molecular complexity index is 556. The number of nitrogens with zero attached hydrogens (tertiary/aromatic N) is 2. The van der Waals surface area contributed by atoms with Gasteiger partial charge < -0.3 is 14.7 Å². The second-order valence-electron chi connectivity index (χ2n) is 5.06. The van der Waals surface area contributed by atoms with E-state index in [1.54, 1.807) is 12.4 Å². The molecule has 20 heavy (non-hydrogen) atoms. The average Bonchev–Trinajstić information content (AvgIpc) is 2.93. The van der Waals surface area contributed by atoms with Crippen LogP contribution in [0.15, 0.2) is 48.8 Å². The van der Waals surface area contributed by atoms with E-state index in [0.29, 0.717) is 6.54 Å². The van der Waals surface area contributed by atoms with E-state index < -0.39 is 0 Å². The SMILES string of the molecule is Cc1ccc(N2CC(CO)OC2c2ccncc2)cc1. The monoisotopic (exact) mass is 270 g/mol. The molecule has 4 nitrogen and oxygen atoms in total. The molecule has 1 aromatic heterocycles. The highest BCUT2D eigenvalue weighted by molar-refractivity contribution is 5.50. The van der Waals surface area contributed by atoms with Crippen molar-refractivity contribution in [2.75, 3.05) is 18.1 Å². The topological polar surface area (TPSA) is 45.6 Å². The number of aromatic nitrogens is 1. The maximum atomic E-state index is 9.38. The van der Waals surface area contributed by atoms with Crippen LogP contribution in [-0.2, 0) is 4.74 Å². The lowest BCUT2D eigenvalue weighted by molar-refractivity contribution is 0.0147. The van der Waals surface area contributed by atoms with Crippen LogP contribution in [0.4, 0.5) is 5.69 Å². The zero-order valence-corrected chi connectivity index (χ0v) is 11.4. The molecule has 1 aliphatic heterocycles. The Morgan fingerprint density at radius 2 is 1.90 bits per heavy atom. The Morgan fingerprint density at radius 3 is 2.55 bits per heavy atom. The molecule has 0 bridgehead atoms. The number of hydrogen-bond acceptors (Lipinski definition) is 4. The summed E-state index contributed by atoms with van der Waals surface area (Å²) < 4.78 is 5.94. The van der Waals surface area contributed by atoms with Crippen LogP contribution in [0.3, 0.4) is 0 Å². The van der Waals surface area contributed by atoms with Crippen LogP contribution < -0.4 is 4.90 Å². The van der Waals surface area contributed by atoms with Gasteiger partial charge in [-0.3, -0.25) is 4.98 Å². The van der Waals surface area contributed by atoms with Gasteiger partial charge in [0.05, 0.1) is 6.61 Å². The fraction of sp³-hybridized carbons (Fsp3) is 0.312. The van der Waals surface area contributed by atoms with Crippen molar-refractivity contribution in [1.29, 1.82) is 0 Å². The standard InChI is InChI=1S/C16H18N2O2/c1-12-2-4-14(5-3-12)18-10-15(11-19)20-16(18)13-6-8-17-9-7-13/h2-9,15-16,19H,10-11H2,1H3. The molecule has 2 atom stereocenters. The number of pyridine rings is 1. The molecule has 2 aromatic rings. The molecule has 1 saturated heterocycles. The molecule has 104 valence electrons. The van der Waals surface area contributed by atoms with Gasteiger partial charge in [-0.25, -0.2) is 0 Å². The van der Waals surface area contributed by atoms with Crippen molar-refractivity contribution in [2.24, 2.45) is 0 Å². The number of rotatable bonds is 3. The lowest BCUT2D eigenvalue weighted by atomic mass is 10.1. The van der Waals surface area contributed by atoms with Crippen molar-refractivity contribution in [3.8, 4) is 0 Å². The molecular weight excluding hydrogens is 252 g/mol. The highest BCUT2D eigenvalue weighted by Crippen LogP contribution is 2.34. The largest absolute Gasteiger partial charge is 0.394 e. The third-order valence-electron chi connectivity index (χ3n) is 3.57. The smallest absolute Gasteiger partial charge is 0.157 e. The first-order chi connectivity index (χ1) is 9.78. The maximum Gasteiger partial charge on any atom is 0.157 e. The highest BCUT2D eigenvalue weighted by Gasteiger charge is 2.33. The van der Waals surface area contributed by atoms with Gasteiger partial charge in [0.25, 0.3) is 0 Å². The molecule has 0 amide bonds. The Kier molecular flexibility index (Phi) is 3.67. The Morgan fingerprint density at radius 1 is 1.20 bits per heavy atom. The number of aliphatic hydroxyl groups is 1. The number of anilines is 1. The normalized spacial score (nSPS) is 22.2. The summed E-state index contributed by atoms with van der Waals surface area (Å²) in [7, 11) is 0. The predicted molar refractivity (Wildman–Crippen MR) is 77.5 cm³/mol. The van der Waals surface area contributed by atoms with E-state index in [9.17, 15) is 5.11 Å². The fourth-order valence-corrected chi connectivity index (χ4v) is 2.48. The zero-order valence-electron chi connectivity index (χ0n) is 11.4. The third kappa shape index (κ3) is 2.53. The molecule has 2 heterocycles. The van der Waals surface area contributed by atoms with Crippen LogP contribution >= 0.6 is 0 Å². The van der Waals surface area contributed by atoms with Crippen molar-refractivity contribution >= 4 is 5.69 Å². The highest BCUT2D eigenvalue weighted by atomic mass is 16.5. The summed E-state index contributed by atoms with van der Waals surface area (Å²) in [6.45, 7) is 2.79. The van der Waals surface area contributed by atoms with Crippen molar-refractivity contribution in [3.63, 3.8) is 0 Å². The molecule has 0 aliphatic carbocycles. The lowest BCUT2D eigenvalue weighted by Crippen LogP contribution is -2.25. The molecule has 0 radical (unpaired) electrons. The molecule has 4 heteroatoms. The van der Waals surface area contributed by atoms with Crippen molar-refractivity contribution in [3.05, 3.63) is 59.9 Å². The van der Waals surface area contributed by atoms with E-state index in [0.717, 1.165) is 11.3 Å². The minimum Gasteiger partial charge on any atom is -0.394 e. The van der Waals surface area contributed by atoms with Crippen LogP contribution in [0, 0.1) is 6.92 Å². The van der Waals surface area contributed by atoms with E-state index in [4.69, 9.17) is 4.74 Å². The van der Waals surface area contributed by atoms with E-state index in [2.05, 4.69) is 41.1 Å². The first-order valence-corrected chi connectivity index (χ1v) is 6.77. The van der Waals surface area contributed by atoms with E-state index >= 15 is 0 Å². The van der Waals surface area contributed by atoms with Crippen LogP contribution in [0.1, 0.15) is 17.4 Å². The van der Waals surface area contributed by atoms with Crippen molar-refractivity contribution in [2.45, 2.75) is 19.3 Å². The minimum absolute atomic E-state index is 0.0317. The van der Waals surface area contributed by atoms with E-state index in [-0.39, 0.29) is 18.9 Å². The average molecular weight is 270 g/mol. The molecule has 1 N–H and O–H groups in total. The second kappa shape index (κ2) is 5.61. The summed E-state index contributed by atoms with van der Waals surface area (Å²) >= 11 is 0. The minimum atomic E-state index is -0.169. The Hall–Kier alpha value is -1.91. The summed E-state index contributed by atoms with van der Waals surface area (Å²) in [6, 6.07) is 12.3. The summed E-state index contributed by atoms with van der Waals surface area (Å²) in [5, 5.41) is 9.38. The van der Waals surface area contributed by atoms with Crippen LogP contribution in [0.5, 0.6) is 0 Å². The van der Waals surface area contributed by atoms with E-state index in [1.807, 2.05) is 12.1 Å². The number of ether oxygens (including phenoxy) is 1. The fourth-order valence-electron chi connectivity index (χ4n) is 2.48. The van der Waals surface area contributed by atoms with Gasteiger partial charge in [-0.2, -0.15) is 0 Å². The molecular formula is C16H18N2O2. The predicted octanol–water partition coefficient (Wildman–Crippen LogP) is 2.29. The molecule has 1 aromatic carbocycles. The van der Waals surface area contributed by atoms with Crippen LogP contribution in [-0.4, -0.2) is 29.3 Å². The molecule has 1 fully saturated rings. The molecule has 0 spiro atoms. The second-order valence-corrected chi connectivity index (χ2v) is 5.06. The van der Waals surface area contributed by atoms with Gasteiger partial charge >= 0.3 is 0 Å². The summed E-state index contributed by atoms with van der Waals surface area (Å²) in [5.41, 5.74) is 3.39. The first-order valence-electron chi connectivity index (χ1n) is 6.77. The Balaban J connectivity index is 1.92. The van der Waals surface area contributed by atoms with Crippen molar-refractivity contribution < 1.29 is 9.84 Å².